The smallest absolute Gasteiger partial charge is 0.254 e. The van der Waals surface area contributed by atoms with E-state index >= 15 is 0 Å². The molecule has 2 heterocycles. The number of carbonyl (C=O) groups is 1. The first-order valence-electron chi connectivity index (χ1n) is 7.23. The van der Waals surface area contributed by atoms with E-state index in [9.17, 15) is 13.2 Å². The van der Waals surface area contributed by atoms with Gasteiger partial charge in [-0.25, -0.2) is 8.42 Å². The second-order valence-electron chi connectivity index (χ2n) is 5.78. The Hall–Kier alpha value is -1.95. The molecular formula is C16H18N2O3S. The van der Waals surface area contributed by atoms with E-state index in [4.69, 9.17) is 0 Å². The predicted octanol–water partition coefficient (Wildman–Crippen LogP) is 1.72. The first-order chi connectivity index (χ1) is 10.4. The highest BCUT2D eigenvalue weighted by Gasteiger charge is 2.26. The van der Waals surface area contributed by atoms with Crippen molar-refractivity contribution in [3.05, 3.63) is 41.1 Å². The molecule has 3 rings (SSSR count). The minimum Gasteiger partial charge on any atom is -0.337 e. The van der Waals surface area contributed by atoms with Crippen molar-refractivity contribution in [2.45, 2.75) is 13.8 Å². The fourth-order valence-corrected chi connectivity index (χ4v) is 3.94. The maximum absolute atomic E-state index is 12.8. The number of sulfone groups is 1. The molecule has 0 bridgehead atoms. The fourth-order valence-electron chi connectivity index (χ4n) is 2.73. The van der Waals surface area contributed by atoms with Crippen LogP contribution in [0.25, 0.3) is 10.9 Å². The third-order valence-corrected chi connectivity index (χ3v) is 5.56. The van der Waals surface area contributed by atoms with Crippen LogP contribution in [0.4, 0.5) is 0 Å². The Morgan fingerprint density at radius 3 is 2.50 bits per heavy atom. The molecule has 1 aliphatic heterocycles. The number of fused-ring (bicyclic) bond motifs is 1. The van der Waals surface area contributed by atoms with Gasteiger partial charge in [0.2, 0.25) is 0 Å². The number of pyridine rings is 1. The second kappa shape index (κ2) is 5.35. The quantitative estimate of drug-likeness (QED) is 0.803. The SMILES string of the molecule is Cc1ccc2nc(C)cc(C(=O)N3CCS(=O)(=O)CC3)c2c1. The zero-order valence-electron chi connectivity index (χ0n) is 12.7. The van der Waals surface area contributed by atoms with E-state index in [-0.39, 0.29) is 30.5 Å². The van der Waals surface area contributed by atoms with Crippen molar-refractivity contribution in [3.63, 3.8) is 0 Å². The lowest BCUT2D eigenvalue weighted by Crippen LogP contribution is -2.43. The van der Waals surface area contributed by atoms with Crippen molar-refractivity contribution in [1.82, 2.24) is 9.88 Å². The van der Waals surface area contributed by atoms with E-state index in [0.29, 0.717) is 5.56 Å². The number of aryl methyl sites for hydroxylation is 2. The van der Waals surface area contributed by atoms with Crippen LogP contribution in [0.5, 0.6) is 0 Å². The van der Waals surface area contributed by atoms with E-state index in [1.807, 2.05) is 32.0 Å². The van der Waals surface area contributed by atoms with Gasteiger partial charge in [-0.2, -0.15) is 0 Å². The van der Waals surface area contributed by atoms with Gasteiger partial charge in [-0.3, -0.25) is 9.78 Å². The highest BCUT2D eigenvalue weighted by Crippen LogP contribution is 2.22. The van der Waals surface area contributed by atoms with Crippen LogP contribution in [0.15, 0.2) is 24.3 Å². The highest BCUT2D eigenvalue weighted by atomic mass is 32.2. The van der Waals surface area contributed by atoms with E-state index in [1.54, 1.807) is 11.0 Å². The second-order valence-corrected chi connectivity index (χ2v) is 8.08. The molecule has 0 saturated carbocycles. The topological polar surface area (TPSA) is 67.3 Å². The number of benzene rings is 1. The Morgan fingerprint density at radius 2 is 1.82 bits per heavy atom. The lowest BCUT2D eigenvalue weighted by atomic mass is 10.0. The molecule has 6 heteroatoms. The molecule has 116 valence electrons. The monoisotopic (exact) mass is 318 g/mol. The van der Waals surface area contributed by atoms with Gasteiger partial charge in [0.1, 0.15) is 0 Å². The molecule has 0 atom stereocenters. The van der Waals surface area contributed by atoms with Crippen molar-refractivity contribution >= 4 is 26.6 Å². The molecule has 0 spiro atoms. The summed E-state index contributed by atoms with van der Waals surface area (Å²) in [6, 6.07) is 7.62. The average molecular weight is 318 g/mol. The highest BCUT2D eigenvalue weighted by molar-refractivity contribution is 7.91. The van der Waals surface area contributed by atoms with Gasteiger partial charge >= 0.3 is 0 Å². The van der Waals surface area contributed by atoms with Gasteiger partial charge in [-0.05, 0) is 32.0 Å². The molecule has 22 heavy (non-hydrogen) atoms. The number of amides is 1. The molecule has 1 saturated heterocycles. The molecule has 0 aliphatic carbocycles. The summed E-state index contributed by atoms with van der Waals surface area (Å²) >= 11 is 0. The van der Waals surface area contributed by atoms with Gasteiger partial charge in [-0.15, -0.1) is 0 Å². The van der Waals surface area contributed by atoms with Crippen molar-refractivity contribution in [2.24, 2.45) is 0 Å². The summed E-state index contributed by atoms with van der Waals surface area (Å²) in [5.41, 5.74) is 3.24. The van der Waals surface area contributed by atoms with Crippen LogP contribution >= 0.6 is 0 Å². The van der Waals surface area contributed by atoms with E-state index in [0.717, 1.165) is 22.2 Å². The Labute approximate surface area is 129 Å². The first kappa shape index (κ1) is 15.0. The molecule has 1 fully saturated rings. The van der Waals surface area contributed by atoms with Crippen molar-refractivity contribution < 1.29 is 13.2 Å². The Kier molecular flexibility index (Phi) is 3.64. The number of hydrogen-bond donors (Lipinski definition) is 0. The molecule has 0 radical (unpaired) electrons. The molecule has 2 aromatic rings. The number of hydrogen-bond acceptors (Lipinski definition) is 4. The zero-order valence-corrected chi connectivity index (χ0v) is 13.5. The summed E-state index contributed by atoms with van der Waals surface area (Å²) in [6.07, 6.45) is 0. The van der Waals surface area contributed by atoms with Crippen LogP contribution in [0.1, 0.15) is 21.6 Å². The van der Waals surface area contributed by atoms with Crippen LogP contribution in [0.2, 0.25) is 0 Å². The summed E-state index contributed by atoms with van der Waals surface area (Å²) < 4.78 is 23.0. The minimum atomic E-state index is -2.99. The maximum atomic E-state index is 12.8. The van der Waals surface area contributed by atoms with Crippen LogP contribution in [0, 0.1) is 13.8 Å². The zero-order chi connectivity index (χ0) is 15.9. The van der Waals surface area contributed by atoms with Crippen molar-refractivity contribution in [1.29, 1.82) is 0 Å². The van der Waals surface area contributed by atoms with E-state index in [2.05, 4.69) is 4.98 Å². The van der Waals surface area contributed by atoms with Crippen molar-refractivity contribution in [2.75, 3.05) is 24.6 Å². The van der Waals surface area contributed by atoms with E-state index < -0.39 is 9.84 Å². The summed E-state index contributed by atoms with van der Waals surface area (Å²) in [5.74, 6) is -0.0319. The Balaban J connectivity index is 2.02. The first-order valence-corrected chi connectivity index (χ1v) is 9.05. The van der Waals surface area contributed by atoms with Gasteiger partial charge in [0.25, 0.3) is 5.91 Å². The maximum Gasteiger partial charge on any atom is 0.254 e. The molecule has 5 nitrogen and oxygen atoms in total. The van der Waals surface area contributed by atoms with Crippen LogP contribution in [0.3, 0.4) is 0 Å². The molecule has 0 unspecified atom stereocenters. The number of rotatable bonds is 1. The average Bonchev–Trinajstić information content (AvgIpc) is 2.46. The predicted molar refractivity (Wildman–Crippen MR) is 85.8 cm³/mol. The molecule has 1 amide bonds. The fraction of sp³-hybridized carbons (Fsp3) is 0.375. The summed E-state index contributed by atoms with van der Waals surface area (Å²) in [6.45, 7) is 4.35. The molecule has 1 aromatic heterocycles. The summed E-state index contributed by atoms with van der Waals surface area (Å²) in [7, 11) is -2.99. The summed E-state index contributed by atoms with van der Waals surface area (Å²) in [4.78, 5) is 18.9. The molecule has 1 aromatic carbocycles. The minimum absolute atomic E-state index is 0.0414. The van der Waals surface area contributed by atoms with Crippen LogP contribution < -0.4 is 0 Å². The van der Waals surface area contributed by atoms with Gasteiger partial charge < -0.3 is 4.90 Å². The van der Waals surface area contributed by atoms with Gasteiger partial charge in [-0.1, -0.05) is 11.6 Å². The normalized spacial score (nSPS) is 17.6. The third kappa shape index (κ3) is 2.83. The largest absolute Gasteiger partial charge is 0.337 e. The standard InChI is InChI=1S/C16H18N2O3S/c1-11-3-4-15-13(9-11)14(10-12(2)17-15)16(19)18-5-7-22(20,21)8-6-18/h3-4,9-10H,5-8H2,1-2H3. The lowest BCUT2D eigenvalue weighted by molar-refractivity contribution is 0.0772. The number of nitrogens with zero attached hydrogens (tertiary/aromatic N) is 2. The molecular weight excluding hydrogens is 300 g/mol. The van der Waals surface area contributed by atoms with Gasteiger partial charge in [0, 0.05) is 24.2 Å². The summed E-state index contributed by atoms with van der Waals surface area (Å²) in [5, 5.41) is 0.823. The third-order valence-electron chi connectivity index (χ3n) is 3.95. The van der Waals surface area contributed by atoms with Crippen LogP contribution in [-0.2, 0) is 9.84 Å². The van der Waals surface area contributed by atoms with Crippen LogP contribution in [-0.4, -0.2) is 48.8 Å². The number of carbonyl (C=O) groups excluding carboxylic acids is 1. The Bertz CT molecular complexity index is 845. The molecule has 0 N–H and O–H groups in total. The van der Waals surface area contributed by atoms with E-state index in [1.165, 1.54) is 0 Å². The van der Waals surface area contributed by atoms with Gasteiger partial charge in [0.15, 0.2) is 9.84 Å². The van der Waals surface area contributed by atoms with Crippen molar-refractivity contribution in [3.8, 4) is 0 Å². The molecule has 1 aliphatic rings. The Morgan fingerprint density at radius 1 is 1.14 bits per heavy atom. The number of aromatic nitrogens is 1. The lowest BCUT2D eigenvalue weighted by Gasteiger charge is -2.27. The van der Waals surface area contributed by atoms with Gasteiger partial charge in [0.05, 0.1) is 22.6 Å².